The SMILES string of the molecule is CC1(C)OB(c2cc(Br)c(Br)cc2Br)OC1(C)C. The molecule has 18 heavy (non-hydrogen) atoms. The van der Waals surface area contributed by atoms with Gasteiger partial charge in [-0.3, -0.25) is 0 Å². The molecule has 1 aromatic rings. The van der Waals surface area contributed by atoms with Gasteiger partial charge in [0.25, 0.3) is 0 Å². The first-order chi connectivity index (χ1) is 8.14. The van der Waals surface area contributed by atoms with Crippen LogP contribution in [0, 0.1) is 0 Å². The highest BCUT2D eigenvalue weighted by molar-refractivity contribution is 9.13. The maximum atomic E-state index is 6.04. The van der Waals surface area contributed by atoms with Crippen LogP contribution in [0.3, 0.4) is 0 Å². The second kappa shape index (κ2) is 4.88. The van der Waals surface area contributed by atoms with Crippen LogP contribution < -0.4 is 5.46 Å². The van der Waals surface area contributed by atoms with Gasteiger partial charge in [-0.15, -0.1) is 0 Å². The Morgan fingerprint density at radius 2 is 1.28 bits per heavy atom. The van der Waals surface area contributed by atoms with Gasteiger partial charge in [-0.25, -0.2) is 0 Å². The van der Waals surface area contributed by atoms with Gasteiger partial charge >= 0.3 is 7.12 Å². The van der Waals surface area contributed by atoms with Crippen LogP contribution >= 0.6 is 47.8 Å². The van der Waals surface area contributed by atoms with E-state index in [2.05, 4.69) is 75.5 Å². The molecule has 98 valence electrons. The minimum absolute atomic E-state index is 0.323. The molecule has 0 atom stereocenters. The molecule has 0 amide bonds. The zero-order chi connectivity index (χ0) is 13.7. The molecule has 0 aromatic heterocycles. The van der Waals surface area contributed by atoms with Crippen molar-refractivity contribution in [1.82, 2.24) is 0 Å². The quantitative estimate of drug-likeness (QED) is 0.479. The van der Waals surface area contributed by atoms with Crippen LogP contribution in [0.1, 0.15) is 27.7 Å². The number of rotatable bonds is 1. The van der Waals surface area contributed by atoms with E-state index >= 15 is 0 Å². The summed E-state index contributed by atoms with van der Waals surface area (Å²) < 4.78 is 15.0. The fraction of sp³-hybridized carbons (Fsp3) is 0.500. The Balaban J connectivity index is 2.38. The lowest BCUT2D eigenvalue weighted by Crippen LogP contribution is -2.41. The predicted octanol–water partition coefficient (Wildman–Crippen LogP) is 4.27. The molecule has 0 unspecified atom stereocenters. The molecule has 2 rings (SSSR count). The van der Waals surface area contributed by atoms with Crippen LogP contribution in [0.25, 0.3) is 0 Å². The molecule has 1 saturated heterocycles. The molecule has 0 saturated carbocycles. The van der Waals surface area contributed by atoms with E-state index in [1.165, 1.54) is 0 Å². The molecular formula is C12H14BBr3O2. The van der Waals surface area contributed by atoms with Crippen molar-refractivity contribution in [3.8, 4) is 0 Å². The van der Waals surface area contributed by atoms with Crippen molar-refractivity contribution in [2.24, 2.45) is 0 Å². The maximum Gasteiger partial charge on any atom is 0.496 e. The van der Waals surface area contributed by atoms with Crippen LogP contribution in [0.15, 0.2) is 25.6 Å². The Morgan fingerprint density at radius 1 is 0.833 bits per heavy atom. The Labute approximate surface area is 133 Å². The monoisotopic (exact) mass is 438 g/mol. The van der Waals surface area contributed by atoms with Crippen LogP contribution in [0.5, 0.6) is 0 Å². The minimum atomic E-state index is -0.353. The maximum absolute atomic E-state index is 6.04. The highest BCUT2D eigenvalue weighted by Gasteiger charge is 2.52. The summed E-state index contributed by atoms with van der Waals surface area (Å²) in [5, 5.41) is 0. The number of hydrogen-bond donors (Lipinski definition) is 0. The molecule has 1 aliphatic rings. The molecular weight excluding hydrogens is 427 g/mol. The molecule has 0 aliphatic carbocycles. The average molecular weight is 441 g/mol. The summed E-state index contributed by atoms with van der Waals surface area (Å²) in [5.74, 6) is 0. The summed E-state index contributed by atoms with van der Waals surface area (Å²) in [4.78, 5) is 0. The Kier molecular flexibility index (Phi) is 4.08. The number of benzene rings is 1. The molecule has 0 N–H and O–H groups in total. The minimum Gasteiger partial charge on any atom is -0.399 e. The molecule has 1 fully saturated rings. The van der Waals surface area contributed by atoms with Gasteiger partial charge in [0.15, 0.2) is 0 Å². The van der Waals surface area contributed by atoms with Gasteiger partial charge in [0.2, 0.25) is 0 Å². The second-order valence-corrected chi connectivity index (χ2v) is 7.94. The summed E-state index contributed by atoms with van der Waals surface area (Å²) in [6.45, 7) is 8.20. The molecule has 1 aromatic carbocycles. The molecule has 6 heteroatoms. The summed E-state index contributed by atoms with van der Waals surface area (Å²) >= 11 is 10.5. The van der Waals surface area contributed by atoms with Crippen LogP contribution in [0.2, 0.25) is 0 Å². The Bertz CT molecular complexity index is 472. The predicted molar refractivity (Wildman–Crippen MR) is 85.3 cm³/mol. The molecule has 2 nitrogen and oxygen atoms in total. The van der Waals surface area contributed by atoms with Gasteiger partial charge in [0.05, 0.1) is 11.2 Å². The molecule has 0 radical (unpaired) electrons. The zero-order valence-corrected chi connectivity index (χ0v) is 15.4. The highest BCUT2D eigenvalue weighted by Crippen LogP contribution is 2.37. The van der Waals surface area contributed by atoms with Gasteiger partial charge < -0.3 is 9.31 Å². The third kappa shape index (κ3) is 2.59. The van der Waals surface area contributed by atoms with Gasteiger partial charge in [-0.05, 0) is 77.2 Å². The number of halogens is 3. The lowest BCUT2D eigenvalue weighted by Gasteiger charge is -2.32. The third-order valence-electron chi connectivity index (χ3n) is 3.55. The zero-order valence-electron chi connectivity index (χ0n) is 10.7. The van der Waals surface area contributed by atoms with Crippen LogP contribution in [-0.2, 0) is 9.31 Å². The van der Waals surface area contributed by atoms with E-state index in [0.717, 1.165) is 18.9 Å². The van der Waals surface area contributed by atoms with Crippen molar-refractivity contribution in [1.29, 1.82) is 0 Å². The second-order valence-electron chi connectivity index (χ2n) is 5.38. The van der Waals surface area contributed by atoms with E-state index < -0.39 is 0 Å². The van der Waals surface area contributed by atoms with Crippen molar-refractivity contribution >= 4 is 60.4 Å². The molecule has 0 bridgehead atoms. The van der Waals surface area contributed by atoms with Gasteiger partial charge in [-0.2, -0.15) is 0 Å². The van der Waals surface area contributed by atoms with Crippen LogP contribution in [-0.4, -0.2) is 18.3 Å². The van der Waals surface area contributed by atoms with Gasteiger partial charge in [0, 0.05) is 13.4 Å². The number of hydrogen-bond acceptors (Lipinski definition) is 2. The Morgan fingerprint density at radius 3 is 1.78 bits per heavy atom. The van der Waals surface area contributed by atoms with Crippen molar-refractivity contribution in [3.05, 3.63) is 25.6 Å². The average Bonchev–Trinajstić information content (AvgIpc) is 2.42. The van der Waals surface area contributed by atoms with E-state index in [0.29, 0.717) is 0 Å². The van der Waals surface area contributed by atoms with E-state index in [9.17, 15) is 0 Å². The van der Waals surface area contributed by atoms with E-state index in [4.69, 9.17) is 9.31 Å². The van der Waals surface area contributed by atoms with Crippen LogP contribution in [0.4, 0.5) is 0 Å². The lowest BCUT2D eigenvalue weighted by molar-refractivity contribution is 0.00578. The highest BCUT2D eigenvalue weighted by atomic mass is 79.9. The first kappa shape index (κ1) is 15.0. The topological polar surface area (TPSA) is 18.5 Å². The van der Waals surface area contributed by atoms with Crippen molar-refractivity contribution < 1.29 is 9.31 Å². The fourth-order valence-corrected chi connectivity index (χ4v) is 3.23. The van der Waals surface area contributed by atoms with Gasteiger partial charge in [0.1, 0.15) is 0 Å². The van der Waals surface area contributed by atoms with E-state index in [-0.39, 0.29) is 18.3 Å². The third-order valence-corrected chi connectivity index (χ3v) is 6.08. The van der Waals surface area contributed by atoms with Crippen molar-refractivity contribution in [2.75, 3.05) is 0 Å². The summed E-state index contributed by atoms with van der Waals surface area (Å²) in [6.07, 6.45) is 0. The Hall–Kier alpha value is 0.645. The summed E-state index contributed by atoms with van der Waals surface area (Å²) in [5.41, 5.74) is 0.344. The fourth-order valence-electron chi connectivity index (χ4n) is 1.69. The van der Waals surface area contributed by atoms with Crippen molar-refractivity contribution in [3.63, 3.8) is 0 Å². The van der Waals surface area contributed by atoms with E-state index in [1.54, 1.807) is 0 Å². The van der Waals surface area contributed by atoms with E-state index in [1.807, 2.05) is 12.1 Å². The summed E-state index contributed by atoms with van der Waals surface area (Å²) in [6, 6.07) is 4.00. The molecule has 1 heterocycles. The normalized spacial score (nSPS) is 21.4. The largest absolute Gasteiger partial charge is 0.496 e. The molecule has 0 spiro atoms. The first-order valence-corrected chi connectivity index (χ1v) is 8.02. The van der Waals surface area contributed by atoms with Crippen molar-refractivity contribution in [2.45, 2.75) is 38.9 Å². The standard InChI is InChI=1S/C12H14BBr3O2/c1-11(2)12(3,4)18-13(17-11)7-5-9(15)10(16)6-8(7)14/h5-6H,1-4H3. The molecule has 1 aliphatic heterocycles. The smallest absolute Gasteiger partial charge is 0.399 e. The van der Waals surface area contributed by atoms with Gasteiger partial charge in [-0.1, -0.05) is 15.9 Å². The lowest BCUT2D eigenvalue weighted by atomic mass is 9.79. The summed E-state index contributed by atoms with van der Waals surface area (Å²) in [7, 11) is -0.353. The first-order valence-electron chi connectivity index (χ1n) is 5.64.